The first-order valence-electron chi connectivity index (χ1n) is 13.9. The topological polar surface area (TPSA) is 74.3 Å². The third-order valence-corrected chi connectivity index (χ3v) is 8.19. The fraction of sp³-hybridized carbons (Fsp3) is 0.0857. The van der Waals surface area contributed by atoms with Crippen molar-refractivity contribution in [3.63, 3.8) is 0 Å². The maximum absolute atomic E-state index is 13.4. The van der Waals surface area contributed by atoms with Gasteiger partial charge in [0.2, 0.25) is 4.96 Å². The molecule has 0 unspecified atom stereocenters. The van der Waals surface area contributed by atoms with Crippen LogP contribution in [0, 0.1) is 13.8 Å². The van der Waals surface area contributed by atoms with Gasteiger partial charge in [0.15, 0.2) is 5.82 Å². The third kappa shape index (κ3) is 5.36. The summed E-state index contributed by atoms with van der Waals surface area (Å²) in [5.74, 6) is 1.36. The Morgan fingerprint density at radius 1 is 0.837 bits per heavy atom. The van der Waals surface area contributed by atoms with Crippen molar-refractivity contribution in [1.29, 1.82) is 0 Å². The van der Waals surface area contributed by atoms with Crippen LogP contribution in [0.3, 0.4) is 0 Å². The van der Waals surface area contributed by atoms with Gasteiger partial charge in [-0.15, -0.1) is 5.10 Å². The third-order valence-electron chi connectivity index (χ3n) is 7.23. The summed E-state index contributed by atoms with van der Waals surface area (Å²) >= 11 is 1.32. The molecule has 0 aliphatic heterocycles. The molecule has 43 heavy (non-hydrogen) atoms. The molecule has 4 aromatic carbocycles. The van der Waals surface area contributed by atoms with Gasteiger partial charge >= 0.3 is 0 Å². The van der Waals surface area contributed by atoms with Crippen LogP contribution in [0.2, 0.25) is 0 Å². The van der Waals surface area contributed by atoms with Crippen molar-refractivity contribution in [3.05, 3.63) is 146 Å². The van der Waals surface area contributed by atoms with Crippen molar-refractivity contribution in [2.24, 2.45) is 0 Å². The lowest BCUT2D eigenvalue weighted by molar-refractivity contribution is 0.304. The number of ether oxygens (including phenoxy) is 1. The summed E-state index contributed by atoms with van der Waals surface area (Å²) in [5, 5.41) is 9.47. The zero-order valence-corrected chi connectivity index (χ0v) is 24.5. The van der Waals surface area contributed by atoms with E-state index in [9.17, 15) is 4.79 Å². The highest BCUT2D eigenvalue weighted by molar-refractivity contribution is 7.15. The predicted molar refractivity (Wildman–Crippen MR) is 171 cm³/mol. The SMILES string of the molecule is Cc1ccc(-c2nc3s/c(=C\c4cn(-c5ccccc5)nc4-c4ccc(OCc5ccccc5)c(C)c4)c(=O)n3n2)cc1. The zero-order chi connectivity index (χ0) is 29.3. The number of para-hydroxylation sites is 1. The molecule has 0 saturated heterocycles. The van der Waals surface area contributed by atoms with Gasteiger partial charge in [-0.3, -0.25) is 4.79 Å². The van der Waals surface area contributed by atoms with E-state index in [-0.39, 0.29) is 5.56 Å². The van der Waals surface area contributed by atoms with E-state index < -0.39 is 0 Å². The molecule has 0 bridgehead atoms. The van der Waals surface area contributed by atoms with Gasteiger partial charge in [0.05, 0.1) is 10.2 Å². The van der Waals surface area contributed by atoms with Crippen LogP contribution in [0.1, 0.15) is 22.3 Å². The molecule has 3 heterocycles. The molecule has 7 aromatic rings. The standard InChI is InChI=1S/C35H27N5O2S/c1-23-13-15-26(16-14-23)33-36-35-40(38-33)34(41)31(43-35)20-28-21-39(29-11-7-4-8-12-29)37-32(28)27-17-18-30(24(2)19-27)42-22-25-9-5-3-6-10-25/h3-21H,22H2,1-2H3/b31-20-. The Hall–Kier alpha value is -5.34. The van der Waals surface area contributed by atoms with E-state index in [1.165, 1.54) is 15.9 Å². The number of hydrogen-bond acceptors (Lipinski definition) is 6. The molecule has 8 heteroatoms. The molecule has 7 nitrogen and oxygen atoms in total. The van der Waals surface area contributed by atoms with E-state index in [1.54, 1.807) is 0 Å². The van der Waals surface area contributed by atoms with Crippen LogP contribution in [0.5, 0.6) is 5.75 Å². The number of hydrogen-bond donors (Lipinski definition) is 0. The Bertz CT molecular complexity index is 2170. The minimum absolute atomic E-state index is 0.204. The fourth-order valence-electron chi connectivity index (χ4n) is 4.92. The van der Waals surface area contributed by atoms with Crippen LogP contribution < -0.4 is 14.8 Å². The zero-order valence-electron chi connectivity index (χ0n) is 23.6. The van der Waals surface area contributed by atoms with Crippen molar-refractivity contribution >= 4 is 22.4 Å². The summed E-state index contributed by atoms with van der Waals surface area (Å²) in [4.78, 5) is 18.6. The average molecular weight is 582 g/mol. The van der Waals surface area contributed by atoms with Crippen LogP contribution in [-0.2, 0) is 6.61 Å². The first-order chi connectivity index (χ1) is 21.0. The Labute approximate surface area is 252 Å². The molecule has 3 aromatic heterocycles. The largest absolute Gasteiger partial charge is 0.489 e. The lowest BCUT2D eigenvalue weighted by atomic mass is 10.0. The van der Waals surface area contributed by atoms with Gasteiger partial charge in [0.1, 0.15) is 18.1 Å². The van der Waals surface area contributed by atoms with E-state index in [0.29, 0.717) is 21.9 Å². The summed E-state index contributed by atoms with van der Waals surface area (Å²) in [6, 6.07) is 34.1. The number of aromatic nitrogens is 5. The van der Waals surface area contributed by atoms with E-state index in [1.807, 2.05) is 128 Å². The highest BCUT2D eigenvalue weighted by Gasteiger charge is 2.16. The van der Waals surface area contributed by atoms with Gasteiger partial charge in [-0.25, -0.2) is 4.68 Å². The Balaban J connectivity index is 1.27. The second-order valence-corrected chi connectivity index (χ2v) is 11.4. The van der Waals surface area contributed by atoms with Gasteiger partial charge in [-0.1, -0.05) is 89.7 Å². The summed E-state index contributed by atoms with van der Waals surface area (Å²) in [7, 11) is 0. The van der Waals surface area contributed by atoms with Crippen molar-refractivity contribution in [2.45, 2.75) is 20.5 Å². The number of thiazole rings is 1. The molecule has 210 valence electrons. The fourth-order valence-corrected chi connectivity index (χ4v) is 5.82. The average Bonchev–Trinajstić information content (AvgIpc) is 3.73. The van der Waals surface area contributed by atoms with Crippen LogP contribution >= 0.6 is 11.3 Å². The first kappa shape index (κ1) is 26.6. The van der Waals surface area contributed by atoms with E-state index in [0.717, 1.165) is 50.5 Å². The number of fused-ring (bicyclic) bond motifs is 1. The maximum Gasteiger partial charge on any atom is 0.291 e. The number of benzene rings is 4. The molecule has 0 aliphatic carbocycles. The van der Waals surface area contributed by atoms with Crippen molar-refractivity contribution in [3.8, 4) is 34.1 Å². The summed E-state index contributed by atoms with van der Waals surface area (Å²) in [6.45, 7) is 4.56. The molecule has 0 radical (unpaired) electrons. The number of rotatable bonds is 7. The highest BCUT2D eigenvalue weighted by atomic mass is 32.1. The number of nitrogens with zero attached hydrogens (tertiary/aromatic N) is 5. The van der Waals surface area contributed by atoms with Gasteiger partial charge in [0.25, 0.3) is 5.56 Å². The summed E-state index contributed by atoms with van der Waals surface area (Å²) < 4.78 is 9.88. The molecule has 0 amide bonds. The minimum atomic E-state index is -0.204. The van der Waals surface area contributed by atoms with E-state index >= 15 is 0 Å². The van der Waals surface area contributed by atoms with Crippen LogP contribution in [0.25, 0.3) is 39.4 Å². The van der Waals surface area contributed by atoms with Crippen LogP contribution in [0.15, 0.2) is 114 Å². The second kappa shape index (κ2) is 11.2. The van der Waals surface area contributed by atoms with Gasteiger partial charge in [-0.2, -0.15) is 14.6 Å². The lowest BCUT2D eigenvalue weighted by Gasteiger charge is -2.10. The highest BCUT2D eigenvalue weighted by Crippen LogP contribution is 2.29. The molecule has 0 saturated carbocycles. The van der Waals surface area contributed by atoms with Gasteiger partial charge in [0, 0.05) is 22.9 Å². The molecular weight excluding hydrogens is 554 g/mol. The molecule has 0 aliphatic rings. The number of aryl methyl sites for hydroxylation is 2. The Morgan fingerprint density at radius 2 is 1.56 bits per heavy atom. The monoisotopic (exact) mass is 581 g/mol. The molecule has 0 fully saturated rings. The summed E-state index contributed by atoms with van der Waals surface area (Å²) in [6.07, 6.45) is 3.83. The van der Waals surface area contributed by atoms with Crippen molar-refractivity contribution in [2.75, 3.05) is 0 Å². The maximum atomic E-state index is 13.4. The summed E-state index contributed by atoms with van der Waals surface area (Å²) in [5.41, 5.74) is 7.38. The van der Waals surface area contributed by atoms with Gasteiger partial charge in [-0.05, 0) is 61.4 Å². The van der Waals surface area contributed by atoms with Gasteiger partial charge < -0.3 is 4.74 Å². The predicted octanol–water partition coefficient (Wildman–Crippen LogP) is 6.41. The molecule has 0 atom stereocenters. The molecule has 7 rings (SSSR count). The Kier molecular flexibility index (Phi) is 6.89. The lowest BCUT2D eigenvalue weighted by Crippen LogP contribution is -2.23. The minimum Gasteiger partial charge on any atom is -0.489 e. The molecule has 0 spiro atoms. The van der Waals surface area contributed by atoms with Crippen molar-refractivity contribution in [1.82, 2.24) is 24.4 Å². The van der Waals surface area contributed by atoms with Crippen molar-refractivity contribution < 1.29 is 4.74 Å². The van der Waals surface area contributed by atoms with Crippen LogP contribution in [-0.4, -0.2) is 24.4 Å². The van der Waals surface area contributed by atoms with Crippen LogP contribution in [0.4, 0.5) is 0 Å². The normalized spacial score (nSPS) is 11.8. The second-order valence-electron chi connectivity index (χ2n) is 10.4. The first-order valence-corrected chi connectivity index (χ1v) is 14.7. The van der Waals surface area contributed by atoms with E-state index in [2.05, 4.69) is 16.1 Å². The molecule has 0 N–H and O–H groups in total. The Morgan fingerprint density at radius 3 is 2.28 bits per heavy atom. The van der Waals surface area contributed by atoms with E-state index in [4.69, 9.17) is 9.84 Å². The smallest absolute Gasteiger partial charge is 0.291 e. The quantitative estimate of drug-likeness (QED) is 0.217. The molecular formula is C35H27N5O2S.